The van der Waals surface area contributed by atoms with Crippen LogP contribution in [0.25, 0.3) is 33.5 Å². The Hall–Kier alpha value is -5.70. The average Bonchev–Trinajstić information content (AvgIpc) is 3.62. The molecule has 7 aromatic rings. The van der Waals surface area contributed by atoms with E-state index in [0.29, 0.717) is 28.8 Å². The summed E-state index contributed by atoms with van der Waals surface area (Å²) in [7, 11) is 1.65. The van der Waals surface area contributed by atoms with E-state index in [4.69, 9.17) is 24.7 Å². The molecule has 1 atom stereocenters. The van der Waals surface area contributed by atoms with Crippen LogP contribution in [-0.2, 0) is 0 Å². The van der Waals surface area contributed by atoms with Gasteiger partial charge in [0.2, 0.25) is 11.8 Å². The van der Waals surface area contributed by atoms with E-state index in [-0.39, 0.29) is 11.7 Å². The summed E-state index contributed by atoms with van der Waals surface area (Å²) in [6.45, 7) is 1.99. The van der Waals surface area contributed by atoms with Crippen LogP contribution in [-0.4, -0.2) is 41.6 Å². The first-order valence-electron chi connectivity index (χ1n) is 13.5. The minimum Gasteiger partial charge on any atom is -0.507 e. The molecule has 8 rings (SSSR count). The molecule has 1 aliphatic heterocycles. The lowest BCUT2D eigenvalue weighted by Crippen LogP contribution is -2.16. The van der Waals surface area contributed by atoms with Crippen molar-refractivity contribution in [1.29, 1.82) is 0 Å². The lowest BCUT2D eigenvalue weighted by atomic mass is 9.84. The fourth-order valence-corrected chi connectivity index (χ4v) is 5.80. The molecule has 204 valence electrons. The lowest BCUT2D eigenvalue weighted by Gasteiger charge is -2.26. The monoisotopic (exact) mass is 552 g/mol. The Bertz CT molecular complexity index is 2130. The second-order valence-corrected chi connectivity index (χ2v) is 10.2. The van der Waals surface area contributed by atoms with Gasteiger partial charge in [-0.25, -0.2) is 19.2 Å². The highest BCUT2D eigenvalue weighted by atomic mass is 16.5. The van der Waals surface area contributed by atoms with Crippen LogP contribution in [0.3, 0.4) is 0 Å². The van der Waals surface area contributed by atoms with E-state index in [1.807, 2.05) is 103 Å². The van der Waals surface area contributed by atoms with E-state index < -0.39 is 0 Å². The van der Waals surface area contributed by atoms with Gasteiger partial charge in [-0.15, -0.1) is 5.10 Å². The van der Waals surface area contributed by atoms with Gasteiger partial charge in [-0.1, -0.05) is 60.7 Å². The Morgan fingerprint density at radius 1 is 0.857 bits per heavy atom. The van der Waals surface area contributed by atoms with Crippen molar-refractivity contribution in [2.45, 2.75) is 12.8 Å². The summed E-state index contributed by atoms with van der Waals surface area (Å²) in [6, 6.07) is 29.3. The Balaban J connectivity index is 1.36. The van der Waals surface area contributed by atoms with Crippen molar-refractivity contribution in [2.24, 2.45) is 0 Å². The number of aromatic hydroxyl groups is 1. The highest BCUT2D eigenvalue weighted by molar-refractivity contribution is 5.94. The Morgan fingerprint density at radius 3 is 2.45 bits per heavy atom. The molecule has 0 aliphatic carbocycles. The molecule has 0 fully saturated rings. The standard InChI is InChI=1S/C33H24N6O3/c1-19-26-27(21-12-15-23(41-2)16-13-21)28-31-35-30(25-17-14-20-8-6-7-11-24(20)29(25)40)37-38(31)18-34-32(28)42-33(26)39(36-19)22-9-4-3-5-10-22/h3-18,27,40H,1-2H3/t27-/m0/s1. The molecule has 0 radical (unpaired) electrons. The molecule has 1 aliphatic rings. The van der Waals surface area contributed by atoms with Crippen LogP contribution in [0.1, 0.15) is 28.3 Å². The van der Waals surface area contributed by atoms with Crippen LogP contribution >= 0.6 is 0 Å². The Kier molecular flexibility index (Phi) is 5.27. The summed E-state index contributed by atoms with van der Waals surface area (Å²) in [5.41, 5.74) is 5.53. The van der Waals surface area contributed by atoms with Gasteiger partial charge in [0, 0.05) is 5.39 Å². The van der Waals surface area contributed by atoms with E-state index in [9.17, 15) is 5.11 Å². The number of rotatable bonds is 4. The normalized spacial score (nSPS) is 14.0. The largest absolute Gasteiger partial charge is 0.507 e. The van der Waals surface area contributed by atoms with Gasteiger partial charge in [0.05, 0.1) is 41.1 Å². The summed E-state index contributed by atoms with van der Waals surface area (Å²) in [5.74, 6) is 2.02. The Morgan fingerprint density at radius 2 is 1.64 bits per heavy atom. The fourth-order valence-electron chi connectivity index (χ4n) is 5.80. The predicted octanol–water partition coefficient (Wildman–Crippen LogP) is 6.44. The van der Waals surface area contributed by atoms with Crippen LogP contribution in [0.15, 0.2) is 97.3 Å². The molecule has 0 bridgehead atoms. The molecular formula is C33H24N6O3. The summed E-state index contributed by atoms with van der Waals surface area (Å²) in [6.07, 6.45) is 1.59. The fraction of sp³-hybridized carbons (Fsp3) is 0.0909. The van der Waals surface area contributed by atoms with Crippen LogP contribution in [0.2, 0.25) is 0 Å². The number of benzene rings is 4. The molecule has 0 saturated carbocycles. The zero-order chi connectivity index (χ0) is 28.4. The number of fused-ring (bicyclic) bond motifs is 5. The van der Waals surface area contributed by atoms with Gasteiger partial charge in [-0.2, -0.15) is 5.10 Å². The Labute approximate surface area is 240 Å². The second kappa shape index (κ2) is 9.17. The minimum absolute atomic E-state index is 0.135. The predicted molar refractivity (Wildman–Crippen MR) is 158 cm³/mol. The van der Waals surface area contributed by atoms with Gasteiger partial charge in [-0.3, -0.25) is 0 Å². The van der Waals surface area contributed by atoms with Crippen molar-refractivity contribution in [3.63, 3.8) is 0 Å². The van der Waals surface area contributed by atoms with Crippen LogP contribution in [0.5, 0.6) is 23.3 Å². The summed E-state index contributed by atoms with van der Waals surface area (Å²) < 4.78 is 15.4. The van der Waals surface area contributed by atoms with Gasteiger partial charge in [0.25, 0.3) is 0 Å². The maximum atomic E-state index is 11.2. The SMILES string of the molecule is COc1ccc([C@H]2c3c(C)nn(-c4ccccc4)c3Oc3ncn4nc(-c5ccc6ccccc6c5O)nc4c32)cc1. The van der Waals surface area contributed by atoms with Gasteiger partial charge < -0.3 is 14.6 Å². The van der Waals surface area contributed by atoms with Crippen LogP contribution in [0.4, 0.5) is 0 Å². The molecule has 0 spiro atoms. The molecule has 9 nitrogen and oxygen atoms in total. The number of aryl methyl sites for hydroxylation is 1. The van der Waals surface area contributed by atoms with Crippen LogP contribution < -0.4 is 9.47 Å². The maximum absolute atomic E-state index is 11.2. The summed E-state index contributed by atoms with van der Waals surface area (Å²) in [5, 5.41) is 22.5. The van der Waals surface area contributed by atoms with Gasteiger partial charge >= 0.3 is 0 Å². The molecule has 9 heteroatoms. The minimum atomic E-state index is -0.300. The van der Waals surface area contributed by atoms with E-state index >= 15 is 0 Å². The lowest BCUT2D eigenvalue weighted by molar-refractivity contribution is 0.402. The molecular weight excluding hydrogens is 528 g/mol. The number of aromatic nitrogens is 6. The van der Waals surface area contributed by atoms with E-state index in [1.165, 1.54) is 0 Å². The van der Waals surface area contributed by atoms with Gasteiger partial charge in [-0.05, 0) is 48.2 Å². The number of methoxy groups -OCH3 is 1. The smallest absolute Gasteiger partial charge is 0.230 e. The van der Waals surface area contributed by atoms with Crippen molar-refractivity contribution in [3.8, 4) is 40.3 Å². The molecule has 4 heterocycles. The summed E-state index contributed by atoms with van der Waals surface area (Å²) in [4.78, 5) is 9.65. The number of para-hydroxylation sites is 1. The van der Waals surface area contributed by atoms with E-state index in [1.54, 1.807) is 18.0 Å². The van der Waals surface area contributed by atoms with E-state index in [2.05, 4.69) is 4.98 Å². The zero-order valence-electron chi connectivity index (χ0n) is 22.8. The van der Waals surface area contributed by atoms with Crippen molar-refractivity contribution < 1.29 is 14.6 Å². The van der Waals surface area contributed by atoms with Crippen molar-refractivity contribution in [2.75, 3.05) is 7.11 Å². The molecule has 1 N–H and O–H groups in total. The molecule has 0 amide bonds. The molecule has 42 heavy (non-hydrogen) atoms. The molecule has 0 unspecified atom stereocenters. The number of nitrogens with zero attached hydrogens (tertiary/aromatic N) is 6. The van der Waals surface area contributed by atoms with Crippen molar-refractivity contribution >= 4 is 16.4 Å². The first-order chi connectivity index (χ1) is 20.6. The van der Waals surface area contributed by atoms with E-state index in [0.717, 1.165) is 44.6 Å². The third-order valence-electron chi connectivity index (χ3n) is 7.81. The molecule has 0 saturated heterocycles. The third kappa shape index (κ3) is 3.56. The molecule has 4 aromatic carbocycles. The maximum Gasteiger partial charge on any atom is 0.230 e. The number of hydrogen-bond donors (Lipinski definition) is 1. The highest BCUT2D eigenvalue weighted by Crippen LogP contribution is 2.50. The number of ether oxygens (including phenoxy) is 2. The van der Waals surface area contributed by atoms with Crippen molar-refractivity contribution in [1.82, 2.24) is 29.4 Å². The highest BCUT2D eigenvalue weighted by Gasteiger charge is 2.38. The first kappa shape index (κ1) is 24.1. The summed E-state index contributed by atoms with van der Waals surface area (Å²) >= 11 is 0. The second-order valence-electron chi connectivity index (χ2n) is 10.2. The first-order valence-corrected chi connectivity index (χ1v) is 13.5. The third-order valence-corrected chi connectivity index (χ3v) is 7.81. The number of hydrogen-bond acceptors (Lipinski definition) is 7. The number of phenols is 1. The van der Waals surface area contributed by atoms with Gasteiger partial charge in [0.1, 0.15) is 17.8 Å². The van der Waals surface area contributed by atoms with Crippen LogP contribution in [0, 0.1) is 6.92 Å². The molecule has 3 aromatic heterocycles. The topological polar surface area (TPSA) is 99.6 Å². The average molecular weight is 553 g/mol. The van der Waals surface area contributed by atoms with Crippen molar-refractivity contribution in [3.05, 3.63) is 120 Å². The van der Waals surface area contributed by atoms with Gasteiger partial charge in [0.15, 0.2) is 11.5 Å². The quantitative estimate of drug-likeness (QED) is 0.268. The number of phenolic OH excluding ortho intramolecular Hbond substituents is 1. The zero-order valence-corrected chi connectivity index (χ0v) is 22.8.